The van der Waals surface area contributed by atoms with Crippen LogP contribution >= 0.6 is 0 Å². The highest BCUT2D eigenvalue weighted by atomic mass is 16.4. The number of imidazole rings is 1. The Morgan fingerprint density at radius 3 is 2.79 bits per heavy atom. The van der Waals surface area contributed by atoms with Crippen molar-refractivity contribution in [1.82, 2.24) is 14.9 Å². The van der Waals surface area contributed by atoms with E-state index in [0.29, 0.717) is 6.42 Å². The summed E-state index contributed by atoms with van der Waals surface area (Å²) in [5, 5.41) is 9.38. The van der Waals surface area contributed by atoms with E-state index in [1.807, 2.05) is 24.3 Å². The Balaban J connectivity index is 2.10. The van der Waals surface area contributed by atoms with E-state index in [1.165, 1.54) is 0 Å². The fourth-order valence-corrected chi connectivity index (χ4v) is 2.08. The normalized spacial score (nSPS) is 15.6. The van der Waals surface area contributed by atoms with Crippen LogP contribution in [0, 0.1) is 5.92 Å². The summed E-state index contributed by atoms with van der Waals surface area (Å²) in [5.41, 5.74) is 1.57. The smallest absolute Gasteiger partial charge is 0.326 e. The number of hydrogen-bond acceptors (Lipinski definition) is 3. The van der Waals surface area contributed by atoms with Crippen molar-refractivity contribution in [1.29, 1.82) is 0 Å². The highest BCUT2D eigenvalue weighted by Crippen LogP contribution is 2.22. The molecule has 1 aromatic rings. The number of likely N-dealkylation sites (N-methyl/N-ethyl adjacent to an activating group) is 1. The lowest BCUT2D eigenvalue weighted by Gasteiger charge is -2.30. The fourth-order valence-electron chi connectivity index (χ4n) is 2.08. The molecule has 1 aromatic heterocycles. The number of hydrogen-bond donors (Lipinski definition) is 2. The van der Waals surface area contributed by atoms with Gasteiger partial charge >= 0.3 is 5.97 Å². The Hall–Kier alpha value is -2.30. The van der Waals surface area contributed by atoms with E-state index >= 15 is 0 Å². The van der Waals surface area contributed by atoms with Crippen LogP contribution in [-0.4, -0.2) is 39.0 Å². The Morgan fingerprint density at radius 1 is 1.58 bits per heavy atom. The van der Waals surface area contributed by atoms with Crippen molar-refractivity contribution in [2.45, 2.75) is 12.5 Å². The number of aliphatic carboxylic acids is 1. The minimum atomic E-state index is -0.871. The van der Waals surface area contributed by atoms with Crippen molar-refractivity contribution in [3.63, 3.8) is 0 Å². The zero-order chi connectivity index (χ0) is 13.8. The molecule has 1 atom stereocenters. The van der Waals surface area contributed by atoms with Crippen molar-refractivity contribution in [2.75, 3.05) is 7.05 Å². The molecule has 0 fully saturated rings. The van der Waals surface area contributed by atoms with E-state index < -0.39 is 12.0 Å². The molecule has 0 spiro atoms. The molecule has 5 nitrogen and oxygen atoms in total. The second-order valence-corrected chi connectivity index (χ2v) is 4.53. The zero-order valence-electron chi connectivity index (χ0n) is 10.8. The molecule has 0 bridgehead atoms. The summed E-state index contributed by atoms with van der Waals surface area (Å²) in [6.45, 7) is 4.00. The monoisotopic (exact) mass is 259 g/mol. The molecule has 0 aliphatic heterocycles. The minimum absolute atomic E-state index is 0.0774. The first-order valence-corrected chi connectivity index (χ1v) is 6.06. The van der Waals surface area contributed by atoms with Crippen LogP contribution in [0.1, 0.15) is 5.69 Å². The molecule has 0 radical (unpaired) electrons. The second-order valence-electron chi connectivity index (χ2n) is 4.53. The van der Waals surface area contributed by atoms with Crippen LogP contribution in [-0.2, 0) is 11.2 Å². The van der Waals surface area contributed by atoms with Crippen LogP contribution in [0.15, 0.2) is 49.1 Å². The summed E-state index contributed by atoms with van der Waals surface area (Å²) >= 11 is 0. The third-order valence-corrected chi connectivity index (χ3v) is 3.31. The number of nitrogens with one attached hydrogen (secondary N) is 1. The fraction of sp³-hybridized carbons (Fsp3) is 0.286. The predicted octanol–water partition coefficient (Wildman–Crippen LogP) is 1.59. The first-order chi connectivity index (χ1) is 9.09. The van der Waals surface area contributed by atoms with Gasteiger partial charge in [-0.2, -0.15) is 0 Å². The predicted molar refractivity (Wildman–Crippen MR) is 72.4 cm³/mol. The number of aromatic amines is 1. The van der Waals surface area contributed by atoms with Crippen LogP contribution in [0.3, 0.4) is 0 Å². The summed E-state index contributed by atoms with van der Waals surface area (Å²) in [7, 11) is 1.76. The van der Waals surface area contributed by atoms with E-state index in [2.05, 4.69) is 16.5 Å². The van der Waals surface area contributed by atoms with Crippen molar-refractivity contribution in [2.24, 2.45) is 5.92 Å². The van der Waals surface area contributed by atoms with E-state index in [9.17, 15) is 9.90 Å². The molecule has 0 saturated carbocycles. The quantitative estimate of drug-likeness (QED) is 0.814. The minimum Gasteiger partial charge on any atom is -0.480 e. The van der Waals surface area contributed by atoms with Gasteiger partial charge in [0.15, 0.2) is 0 Å². The lowest BCUT2D eigenvalue weighted by molar-refractivity contribution is -0.142. The summed E-state index contributed by atoms with van der Waals surface area (Å²) in [6.07, 6.45) is 11.4. The molecular weight excluding hydrogens is 242 g/mol. The van der Waals surface area contributed by atoms with E-state index in [1.54, 1.807) is 24.5 Å². The molecule has 0 aromatic carbocycles. The van der Waals surface area contributed by atoms with Crippen LogP contribution in [0.4, 0.5) is 0 Å². The van der Waals surface area contributed by atoms with Gasteiger partial charge in [-0.15, -0.1) is 0 Å². The molecule has 0 saturated heterocycles. The van der Waals surface area contributed by atoms with Gasteiger partial charge in [-0.3, -0.25) is 0 Å². The number of H-pyrrole nitrogens is 1. The van der Waals surface area contributed by atoms with E-state index in [-0.39, 0.29) is 5.92 Å². The highest BCUT2D eigenvalue weighted by molar-refractivity contribution is 5.74. The Bertz CT molecular complexity index is 505. The largest absolute Gasteiger partial charge is 0.480 e. The number of carboxylic acids is 1. The van der Waals surface area contributed by atoms with Gasteiger partial charge in [0.2, 0.25) is 0 Å². The van der Waals surface area contributed by atoms with Gasteiger partial charge in [-0.05, 0) is 0 Å². The van der Waals surface area contributed by atoms with Gasteiger partial charge in [-0.25, -0.2) is 9.78 Å². The van der Waals surface area contributed by atoms with Crippen molar-refractivity contribution in [3.8, 4) is 0 Å². The maximum absolute atomic E-state index is 11.4. The summed E-state index contributed by atoms with van der Waals surface area (Å²) < 4.78 is 0. The number of carbonyl (C=O) groups is 1. The SMILES string of the molecule is C=C(C1C=CC=C1)N(C)C(Cc1cnc[nH]1)C(=O)O. The topological polar surface area (TPSA) is 69.2 Å². The molecule has 1 unspecified atom stereocenters. The average molecular weight is 259 g/mol. The molecule has 2 N–H and O–H groups in total. The highest BCUT2D eigenvalue weighted by Gasteiger charge is 2.26. The average Bonchev–Trinajstić information content (AvgIpc) is 3.06. The lowest BCUT2D eigenvalue weighted by atomic mass is 10.0. The summed E-state index contributed by atoms with van der Waals surface area (Å²) in [4.78, 5) is 20.0. The molecule has 1 aliphatic rings. The standard InChI is InChI=1S/C14H17N3O2/c1-10(11-5-3-4-6-11)17(2)13(14(18)19)7-12-8-15-9-16-12/h3-6,8-9,11,13H,1,7H2,2H3,(H,15,16)(H,18,19). The molecule has 100 valence electrons. The van der Waals surface area contributed by atoms with Gasteiger partial charge in [-0.1, -0.05) is 30.9 Å². The number of rotatable bonds is 6. The van der Waals surface area contributed by atoms with Gasteiger partial charge in [0.25, 0.3) is 0 Å². The lowest BCUT2D eigenvalue weighted by Crippen LogP contribution is -2.40. The van der Waals surface area contributed by atoms with E-state index in [4.69, 9.17) is 0 Å². The molecular formula is C14H17N3O2. The number of carboxylic acid groups (broad SMARTS) is 1. The van der Waals surface area contributed by atoms with Crippen LogP contribution in [0.25, 0.3) is 0 Å². The van der Waals surface area contributed by atoms with Crippen LogP contribution < -0.4 is 0 Å². The number of nitrogens with zero attached hydrogens (tertiary/aromatic N) is 2. The van der Waals surface area contributed by atoms with Crippen molar-refractivity contribution < 1.29 is 9.90 Å². The van der Waals surface area contributed by atoms with Gasteiger partial charge in [0, 0.05) is 37.0 Å². The summed E-state index contributed by atoms with van der Waals surface area (Å²) in [6, 6.07) is -0.657. The first-order valence-electron chi connectivity index (χ1n) is 6.06. The van der Waals surface area contributed by atoms with Crippen LogP contribution in [0.2, 0.25) is 0 Å². The van der Waals surface area contributed by atoms with Gasteiger partial charge in [0.05, 0.1) is 6.33 Å². The summed E-state index contributed by atoms with van der Waals surface area (Å²) in [5.74, 6) is -0.794. The second kappa shape index (κ2) is 5.56. The Morgan fingerprint density at radius 2 is 2.26 bits per heavy atom. The maximum Gasteiger partial charge on any atom is 0.326 e. The third kappa shape index (κ3) is 2.93. The number of allylic oxidation sites excluding steroid dienone is 3. The van der Waals surface area contributed by atoms with E-state index in [0.717, 1.165) is 11.4 Å². The van der Waals surface area contributed by atoms with Crippen molar-refractivity contribution in [3.05, 3.63) is 54.8 Å². The van der Waals surface area contributed by atoms with Gasteiger partial charge < -0.3 is 15.0 Å². The number of aromatic nitrogens is 2. The Labute approximate surface area is 112 Å². The third-order valence-electron chi connectivity index (χ3n) is 3.31. The first kappa shape index (κ1) is 13.1. The molecule has 19 heavy (non-hydrogen) atoms. The molecule has 1 aliphatic carbocycles. The molecule has 0 amide bonds. The van der Waals surface area contributed by atoms with Gasteiger partial charge in [0.1, 0.15) is 6.04 Å². The van der Waals surface area contributed by atoms with Crippen LogP contribution in [0.5, 0.6) is 0 Å². The Kier molecular flexibility index (Phi) is 3.85. The van der Waals surface area contributed by atoms with Crippen molar-refractivity contribution >= 4 is 5.97 Å². The molecule has 5 heteroatoms. The zero-order valence-corrected chi connectivity index (χ0v) is 10.8. The molecule has 1 heterocycles. The molecule has 2 rings (SSSR count). The maximum atomic E-state index is 11.4.